The number of aryl methyl sites for hydroxylation is 1. The highest BCUT2D eigenvalue weighted by atomic mass is 32.1. The molecule has 6 heteroatoms. The number of nitrogens with zero attached hydrogens (tertiary/aromatic N) is 2. The van der Waals surface area contributed by atoms with Crippen LogP contribution in [0.4, 0.5) is 5.00 Å². The fraction of sp³-hybridized carbons (Fsp3) is 0.250. The van der Waals surface area contributed by atoms with Crippen LogP contribution < -0.4 is 5.32 Å². The summed E-state index contributed by atoms with van der Waals surface area (Å²) in [6, 6.07) is 9.18. The Kier molecular flexibility index (Phi) is 4.01. The molecule has 0 aliphatic heterocycles. The van der Waals surface area contributed by atoms with Gasteiger partial charge in [-0.15, -0.1) is 0 Å². The van der Waals surface area contributed by atoms with Gasteiger partial charge in [-0.1, -0.05) is 17.4 Å². The van der Waals surface area contributed by atoms with Gasteiger partial charge in [0, 0.05) is 29.7 Å². The lowest BCUT2D eigenvalue weighted by Crippen LogP contribution is -2.12. The lowest BCUT2D eigenvalue weighted by atomic mass is 10.3. The molecule has 5 nitrogen and oxygen atoms in total. The Morgan fingerprint density at radius 2 is 2.17 bits per heavy atom. The van der Waals surface area contributed by atoms with Crippen LogP contribution in [0, 0.1) is 17.0 Å². The predicted octanol–water partition coefficient (Wildman–Crippen LogP) is 2.65. The first-order valence-electron chi connectivity index (χ1n) is 5.51. The van der Waals surface area contributed by atoms with E-state index in [1.165, 1.54) is 17.4 Å². The van der Waals surface area contributed by atoms with Crippen molar-refractivity contribution in [3.05, 3.63) is 56.7 Å². The summed E-state index contributed by atoms with van der Waals surface area (Å²) in [4.78, 5) is 15.5. The van der Waals surface area contributed by atoms with E-state index in [0.717, 1.165) is 16.3 Å². The number of aromatic nitrogens is 1. The quantitative estimate of drug-likeness (QED) is 0.665. The van der Waals surface area contributed by atoms with Crippen LogP contribution in [0.15, 0.2) is 30.3 Å². The van der Waals surface area contributed by atoms with Crippen LogP contribution in [0.5, 0.6) is 0 Å². The van der Waals surface area contributed by atoms with E-state index in [0.29, 0.717) is 13.1 Å². The number of rotatable bonds is 5. The van der Waals surface area contributed by atoms with Crippen LogP contribution in [0.2, 0.25) is 0 Å². The molecule has 0 aliphatic carbocycles. The summed E-state index contributed by atoms with van der Waals surface area (Å²) in [5.74, 6) is 0. The number of thiophene rings is 1. The average molecular weight is 263 g/mol. The Balaban J connectivity index is 1.86. The number of nitrogens with one attached hydrogen (secondary N) is 1. The summed E-state index contributed by atoms with van der Waals surface area (Å²) in [5.41, 5.74) is 1.96. The van der Waals surface area contributed by atoms with Crippen LogP contribution >= 0.6 is 11.3 Å². The van der Waals surface area contributed by atoms with E-state index in [4.69, 9.17) is 0 Å². The minimum Gasteiger partial charge on any atom is -0.306 e. The maximum atomic E-state index is 10.5. The van der Waals surface area contributed by atoms with E-state index < -0.39 is 0 Å². The molecule has 2 aromatic heterocycles. The SMILES string of the molecule is Cc1cccc(CNCc2ccc([N+](=O)[O-])s2)n1. The molecule has 0 unspecified atom stereocenters. The summed E-state index contributed by atoms with van der Waals surface area (Å²) in [7, 11) is 0. The van der Waals surface area contributed by atoms with Crippen molar-refractivity contribution >= 4 is 16.3 Å². The molecule has 0 saturated carbocycles. The smallest absolute Gasteiger partial charge is 0.306 e. The summed E-state index contributed by atoms with van der Waals surface area (Å²) in [6.07, 6.45) is 0. The lowest BCUT2D eigenvalue weighted by Gasteiger charge is -2.03. The molecule has 18 heavy (non-hydrogen) atoms. The molecule has 0 amide bonds. The molecule has 0 atom stereocenters. The zero-order chi connectivity index (χ0) is 13.0. The molecular weight excluding hydrogens is 250 g/mol. The molecule has 1 N–H and O–H groups in total. The van der Waals surface area contributed by atoms with Crippen molar-refractivity contribution in [3.63, 3.8) is 0 Å². The van der Waals surface area contributed by atoms with Crippen molar-refractivity contribution in [2.24, 2.45) is 0 Å². The van der Waals surface area contributed by atoms with Crippen molar-refractivity contribution in [1.29, 1.82) is 0 Å². The first-order valence-corrected chi connectivity index (χ1v) is 6.33. The van der Waals surface area contributed by atoms with Gasteiger partial charge in [-0.2, -0.15) is 0 Å². The Bertz CT molecular complexity index is 554. The minimum atomic E-state index is -0.365. The third-order valence-corrected chi connectivity index (χ3v) is 3.42. The minimum absolute atomic E-state index is 0.181. The molecular formula is C12H13N3O2S. The van der Waals surface area contributed by atoms with Crippen LogP contribution in [0.25, 0.3) is 0 Å². The third-order valence-electron chi connectivity index (χ3n) is 2.38. The Morgan fingerprint density at radius 1 is 1.33 bits per heavy atom. The third kappa shape index (κ3) is 3.35. The van der Waals surface area contributed by atoms with Gasteiger partial charge >= 0.3 is 5.00 Å². The van der Waals surface area contributed by atoms with Gasteiger partial charge in [-0.3, -0.25) is 15.1 Å². The van der Waals surface area contributed by atoms with Crippen LogP contribution in [-0.2, 0) is 13.1 Å². The van der Waals surface area contributed by atoms with Crippen LogP contribution in [0.3, 0.4) is 0 Å². The fourth-order valence-electron chi connectivity index (χ4n) is 1.57. The Morgan fingerprint density at radius 3 is 2.83 bits per heavy atom. The van der Waals surface area contributed by atoms with Gasteiger partial charge in [0.1, 0.15) is 0 Å². The number of hydrogen-bond donors (Lipinski definition) is 1. The molecule has 0 aromatic carbocycles. The molecule has 2 rings (SSSR count). The van der Waals surface area contributed by atoms with E-state index in [2.05, 4.69) is 10.3 Å². The molecule has 2 heterocycles. The van der Waals surface area contributed by atoms with Crippen molar-refractivity contribution in [2.75, 3.05) is 0 Å². The van der Waals surface area contributed by atoms with Gasteiger partial charge in [-0.05, 0) is 25.1 Å². The van der Waals surface area contributed by atoms with E-state index in [-0.39, 0.29) is 9.92 Å². The van der Waals surface area contributed by atoms with Crippen molar-refractivity contribution < 1.29 is 4.92 Å². The largest absolute Gasteiger partial charge is 0.324 e. The maximum Gasteiger partial charge on any atom is 0.324 e. The van der Waals surface area contributed by atoms with Crippen LogP contribution in [-0.4, -0.2) is 9.91 Å². The second-order valence-electron chi connectivity index (χ2n) is 3.87. The number of hydrogen-bond acceptors (Lipinski definition) is 5. The zero-order valence-corrected chi connectivity index (χ0v) is 10.7. The second kappa shape index (κ2) is 5.70. The lowest BCUT2D eigenvalue weighted by molar-refractivity contribution is -0.380. The predicted molar refractivity (Wildman–Crippen MR) is 70.5 cm³/mol. The maximum absolute atomic E-state index is 10.5. The van der Waals surface area contributed by atoms with Crippen molar-refractivity contribution in [1.82, 2.24) is 10.3 Å². The first-order chi connectivity index (χ1) is 8.65. The summed E-state index contributed by atoms with van der Waals surface area (Å²) in [5, 5.41) is 13.9. The van der Waals surface area contributed by atoms with Crippen molar-refractivity contribution in [2.45, 2.75) is 20.0 Å². The fourth-order valence-corrected chi connectivity index (χ4v) is 2.36. The molecule has 94 valence electrons. The van der Waals surface area contributed by atoms with E-state index in [1.54, 1.807) is 6.07 Å². The van der Waals surface area contributed by atoms with Gasteiger partial charge in [-0.25, -0.2) is 0 Å². The van der Waals surface area contributed by atoms with Crippen molar-refractivity contribution in [3.8, 4) is 0 Å². The first kappa shape index (κ1) is 12.7. The molecule has 2 aromatic rings. The second-order valence-corrected chi connectivity index (χ2v) is 5.02. The highest BCUT2D eigenvalue weighted by Gasteiger charge is 2.08. The summed E-state index contributed by atoms with van der Waals surface area (Å²) >= 11 is 1.20. The standard InChI is InChI=1S/C12H13N3O2S/c1-9-3-2-4-10(14-9)7-13-8-11-5-6-12(18-11)15(16)17/h2-6,13H,7-8H2,1H3. The van der Waals surface area contributed by atoms with Gasteiger partial charge in [0.25, 0.3) is 0 Å². The van der Waals surface area contributed by atoms with E-state index >= 15 is 0 Å². The highest BCUT2D eigenvalue weighted by molar-refractivity contribution is 7.15. The molecule has 0 saturated heterocycles. The van der Waals surface area contributed by atoms with E-state index in [1.807, 2.05) is 25.1 Å². The van der Waals surface area contributed by atoms with Gasteiger partial charge < -0.3 is 5.32 Å². The van der Waals surface area contributed by atoms with Gasteiger partial charge in [0.05, 0.1) is 10.6 Å². The molecule has 0 radical (unpaired) electrons. The van der Waals surface area contributed by atoms with Crippen LogP contribution in [0.1, 0.15) is 16.3 Å². The Labute approximate surface area is 109 Å². The Hall–Kier alpha value is -1.79. The average Bonchev–Trinajstić information content (AvgIpc) is 2.78. The summed E-state index contributed by atoms with van der Waals surface area (Å²) in [6.45, 7) is 3.23. The number of pyridine rings is 1. The number of nitro groups is 1. The molecule has 0 fully saturated rings. The molecule has 0 aliphatic rings. The zero-order valence-electron chi connectivity index (χ0n) is 9.92. The van der Waals surface area contributed by atoms with Gasteiger partial charge in [0.15, 0.2) is 0 Å². The molecule has 0 bridgehead atoms. The molecule has 0 spiro atoms. The van der Waals surface area contributed by atoms with Gasteiger partial charge in [0.2, 0.25) is 0 Å². The topological polar surface area (TPSA) is 68.1 Å². The summed E-state index contributed by atoms with van der Waals surface area (Å²) < 4.78 is 0. The highest BCUT2D eigenvalue weighted by Crippen LogP contribution is 2.23. The van der Waals surface area contributed by atoms with E-state index in [9.17, 15) is 10.1 Å². The monoisotopic (exact) mass is 263 g/mol. The normalized spacial score (nSPS) is 10.5.